The highest BCUT2D eigenvalue weighted by Gasteiger charge is 2.23. The molecule has 22 heteroatoms. The van der Waals surface area contributed by atoms with Crippen LogP contribution in [0.15, 0.2) is 105 Å². The third kappa shape index (κ3) is 70.6. The van der Waals surface area contributed by atoms with E-state index in [1.54, 1.807) is 50.4 Å². The van der Waals surface area contributed by atoms with Gasteiger partial charge in [0.2, 0.25) is 5.78 Å². The Kier molecular flexibility index (Phi) is 57.3. The van der Waals surface area contributed by atoms with Crippen LogP contribution in [0.2, 0.25) is 0 Å². The molecule has 0 unspecified atom stereocenters. The van der Waals surface area contributed by atoms with Crippen LogP contribution in [0.3, 0.4) is 0 Å². The van der Waals surface area contributed by atoms with Crippen molar-refractivity contribution in [1.82, 2.24) is 17.3 Å². The smallest absolute Gasteiger partial charge is 0.303 e. The van der Waals surface area contributed by atoms with Crippen molar-refractivity contribution in [3.8, 4) is 12.3 Å². The number of fused-ring (bicyclic) bond motifs is 1. The second-order valence-electron chi connectivity index (χ2n) is 37.4. The molecular formula is C91H145FN4O14S3. The second kappa shape index (κ2) is 55.7. The molecule has 0 atom stereocenters. The molecule has 638 valence electrons. The fourth-order valence-electron chi connectivity index (χ4n) is 7.62. The number of nitrogens with zero attached hydrogens (tertiary/aromatic N) is 4. The molecule has 0 aliphatic carbocycles. The topological polar surface area (TPSA) is 267 Å². The first-order valence-electron chi connectivity index (χ1n) is 38.1. The van der Waals surface area contributed by atoms with Gasteiger partial charge in [0.05, 0.1) is 23.2 Å². The Morgan fingerprint density at radius 3 is 1.19 bits per heavy atom. The lowest BCUT2D eigenvalue weighted by Gasteiger charge is -2.16. The molecule has 1 aromatic carbocycles. The molecule has 113 heavy (non-hydrogen) atoms. The molecule has 3 aromatic heterocycles. The summed E-state index contributed by atoms with van der Waals surface area (Å²) < 4.78 is 24.7. The van der Waals surface area contributed by atoms with E-state index in [0.29, 0.717) is 48.4 Å². The number of terminal acetylenes is 1. The van der Waals surface area contributed by atoms with Crippen LogP contribution in [-0.4, -0.2) is 87.7 Å². The lowest BCUT2D eigenvalue weighted by atomic mass is 9.89. The number of aromatic nitrogens is 4. The number of carbonyl (C=O) groups is 11. The molecule has 0 N–H and O–H groups in total. The summed E-state index contributed by atoms with van der Waals surface area (Å²) >= 11 is 3.84. The minimum absolute atomic E-state index is 0.000926. The number of allylic oxidation sites excluding steroid dienone is 9. The molecule has 0 saturated carbocycles. The maximum Gasteiger partial charge on any atom is 0.303 e. The number of Topliss-reactive ketones (excluding diaryl/α,β-unsaturated/α-hetero) is 5. The van der Waals surface area contributed by atoms with Crippen LogP contribution >= 0.6 is 34.6 Å². The average Bonchev–Trinajstić information content (AvgIpc) is 1.67. The van der Waals surface area contributed by atoms with Crippen molar-refractivity contribution in [2.24, 2.45) is 55.7 Å². The van der Waals surface area contributed by atoms with Gasteiger partial charge in [-0.1, -0.05) is 259 Å². The predicted octanol–water partition coefficient (Wildman–Crippen LogP) is 22.2. The Labute approximate surface area is 692 Å². The number of ether oxygens (including phenoxy) is 1. The second-order valence-corrected chi connectivity index (χ2v) is 40.1. The van der Waals surface area contributed by atoms with Gasteiger partial charge in [0.15, 0.2) is 57.1 Å². The maximum absolute atomic E-state index is 12.1. The van der Waals surface area contributed by atoms with Crippen molar-refractivity contribution in [2.45, 2.75) is 307 Å². The first kappa shape index (κ1) is 116. The van der Waals surface area contributed by atoms with E-state index in [2.05, 4.69) is 68.1 Å². The summed E-state index contributed by atoms with van der Waals surface area (Å²) in [7, 11) is 0. The van der Waals surface area contributed by atoms with E-state index in [1.165, 1.54) is 68.5 Å². The summed E-state index contributed by atoms with van der Waals surface area (Å²) in [6, 6.07) is 8.90. The van der Waals surface area contributed by atoms with Gasteiger partial charge in [-0.25, -0.2) is 9.37 Å². The van der Waals surface area contributed by atoms with Crippen molar-refractivity contribution < 1.29 is 61.9 Å². The Bertz CT molecular complexity index is 3870. The number of hydrogen-bond acceptors (Lipinski definition) is 19. The Hall–Kier alpha value is -7.74. The zero-order chi connectivity index (χ0) is 90.5. The predicted molar refractivity (Wildman–Crippen MR) is 471 cm³/mol. The van der Waals surface area contributed by atoms with Crippen molar-refractivity contribution in [3.63, 3.8) is 0 Å². The molecule has 0 fully saturated rings. The summed E-state index contributed by atoms with van der Waals surface area (Å²) in [5.74, 6) is 3.05. The highest BCUT2D eigenvalue weighted by atomic mass is 32.1. The highest BCUT2D eigenvalue weighted by Crippen LogP contribution is 2.24. The van der Waals surface area contributed by atoms with Gasteiger partial charge in [0.25, 0.3) is 11.1 Å². The fraction of sp³-hybridized carbons (Fsp3) is 0.615. The summed E-state index contributed by atoms with van der Waals surface area (Å²) in [5.41, 5.74) is 2.73. The van der Waals surface area contributed by atoms with Crippen molar-refractivity contribution in [1.29, 1.82) is 0 Å². The Morgan fingerprint density at radius 1 is 0.531 bits per heavy atom. The Balaban J connectivity index is -0.000000283. The number of benzene rings is 1. The third-order valence-corrected chi connectivity index (χ3v) is 15.9. The van der Waals surface area contributed by atoms with Crippen LogP contribution in [0.25, 0.3) is 10.1 Å². The summed E-state index contributed by atoms with van der Waals surface area (Å²) in [6.45, 7) is 74.6. The summed E-state index contributed by atoms with van der Waals surface area (Å²) in [4.78, 5) is 149. The van der Waals surface area contributed by atoms with Gasteiger partial charge in [-0.2, -0.15) is 4.37 Å². The Morgan fingerprint density at radius 2 is 0.920 bits per heavy atom. The number of rotatable bonds is 21. The quantitative estimate of drug-likeness (QED) is 0.0247. The number of esters is 1. The molecule has 0 aliphatic heterocycles. The molecule has 4 aromatic rings. The van der Waals surface area contributed by atoms with E-state index < -0.39 is 17.2 Å². The monoisotopic (exact) mass is 1630 g/mol. The SMILES string of the molecule is C#CC(=O)CC(C)(C)C.C/C(F)=C/C(=O)C(C)(C)C.C=CC(=O)CC(C)(C)C.CC(=O)OCC(=O)CC(C)(C)C.CC(C)=CC(=O)C(C)(C)C.CC(C)=CC(=O)CC(C)(C)C.CC(C)=CC(=O)CC(C)(C)C.CC(C)C(=O)Cn1sc2ccccc2c1=O.CC(C)C(=O)Cn1sccc1=O.CC(C)C(=O)c1nc(C(C)C)ns1. The van der Waals surface area contributed by atoms with Crippen LogP contribution in [0.5, 0.6) is 0 Å². The van der Waals surface area contributed by atoms with Gasteiger partial charge in [-0.15, -0.1) is 6.42 Å². The molecule has 4 rings (SSSR count). The van der Waals surface area contributed by atoms with Crippen molar-refractivity contribution in [2.75, 3.05) is 6.61 Å². The number of carbonyl (C=O) groups excluding carboxylic acids is 11. The lowest BCUT2D eigenvalue weighted by molar-refractivity contribution is -0.146. The standard InChI is InChI=1S/C12H13NO2S.2C10H18O.C9H14N2OS.C9H16O3.C9H16O.C8H13FO.C8H11NO2S.C8H14O.C8H12O/c1-8(2)10(14)7-13-12(15)9-5-3-4-6-11(9)16-13;2*1-8(2)6-9(11)7-10(3,4)5;1-5(2)7(12)9-10-8(6(3)4)11-13-9;1-7(10)12-6-8(11)5-9(2,3)4;1-7(2)6-8(10)9(3,4)5;1-6(9)5-7(10)8(2,3)4;1-6(2)7(10)5-9-8(11)3-4-12-9;2*1-5-7(9)6-8(2,3)4/h3-6,8H,7H2,1-2H3;2*6H,7H2,1-5H3;5-6H,1-4H3;5-6H2,1-4H3;6H,1-5H3;5H,1-4H3;3-4,6H,5H2,1-2H3;5H,1,6H2,2-4H3;1H,6H2,2-4H3/b;;;;;;6-5-;;;. The number of ketones is 10. The zero-order valence-electron chi connectivity index (χ0n) is 76.2. The minimum Gasteiger partial charge on any atom is -0.458 e. The van der Waals surface area contributed by atoms with Gasteiger partial charge in [0.1, 0.15) is 18.3 Å². The van der Waals surface area contributed by atoms with E-state index >= 15 is 0 Å². The molecule has 0 bridgehead atoms. The lowest BCUT2D eigenvalue weighted by Crippen LogP contribution is -2.21. The average molecular weight is 1630 g/mol. The number of hydrogen-bond donors (Lipinski definition) is 0. The molecule has 0 amide bonds. The molecule has 3 heterocycles. The van der Waals surface area contributed by atoms with E-state index in [1.807, 2.05) is 198 Å². The molecule has 18 nitrogen and oxygen atoms in total. The van der Waals surface area contributed by atoms with E-state index in [-0.39, 0.29) is 139 Å². The van der Waals surface area contributed by atoms with Crippen LogP contribution in [-0.2, 0) is 65.8 Å². The first-order chi connectivity index (χ1) is 50.7. The summed E-state index contributed by atoms with van der Waals surface area (Å²) in [5, 5.41) is 2.93. The minimum atomic E-state index is -0.465. The van der Waals surface area contributed by atoms with Gasteiger partial charge in [0, 0.05) is 91.1 Å². The first-order valence-corrected chi connectivity index (χ1v) is 40.5. The van der Waals surface area contributed by atoms with Crippen molar-refractivity contribution >= 4 is 108 Å². The molecule has 0 radical (unpaired) electrons. The molecule has 0 saturated heterocycles. The highest BCUT2D eigenvalue weighted by molar-refractivity contribution is 7.13. The fourth-order valence-corrected chi connectivity index (χ4v) is 10.2. The maximum atomic E-state index is 12.1. The van der Waals surface area contributed by atoms with Crippen molar-refractivity contribution in [3.05, 3.63) is 127 Å². The van der Waals surface area contributed by atoms with Crippen LogP contribution in [0.4, 0.5) is 4.39 Å². The van der Waals surface area contributed by atoms with Gasteiger partial charge >= 0.3 is 5.97 Å². The van der Waals surface area contributed by atoms with Gasteiger partial charge in [-0.3, -0.25) is 70.2 Å². The molecular weight excluding hydrogens is 1490 g/mol. The molecule has 0 aliphatic rings. The van der Waals surface area contributed by atoms with E-state index in [4.69, 9.17) is 6.42 Å². The largest absolute Gasteiger partial charge is 0.458 e. The zero-order valence-corrected chi connectivity index (χ0v) is 78.7. The normalized spacial score (nSPS) is 11.2. The summed E-state index contributed by atoms with van der Waals surface area (Å²) in [6.07, 6.45) is 15.2. The number of halogens is 1. The van der Waals surface area contributed by atoms with E-state index in [9.17, 15) is 66.7 Å². The molecule has 0 spiro atoms. The van der Waals surface area contributed by atoms with Crippen LogP contribution in [0, 0.1) is 68.0 Å². The van der Waals surface area contributed by atoms with Crippen LogP contribution in [0.1, 0.15) is 310 Å². The third-order valence-electron chi connectivity index (χ3n) is 13.3. The van der Waals surface area contributed by atoms with Crippen LogP contribution < -0.4 is 11.1 Å². The van der Waals surface area contributed by atoms with Gasteiger partial charge in [-0.05, 0) is 129 Å². The van der Waals surface area contributed by atoms with Gasteiger partial charge < -0.3 is 4.74 Å². The van der Waals surface area contributed by atoms with E-state index in [0.717, 1.165) is 33.3 Å².